The van der Waals surface area contributed by atoms with Crippen molar-refractivity contribution in [1.29, 1.82) is 0 Å². The predicted molar refractivity (Wildman–Crippen MR) is 111 cm³/mol. The molecule has 4 rings (SSSR count). The van der Waals surface area contributed by atoms with Crippen LogP contribution in [-0.4, -0.2) is 23.1 Å². The number of rotatable bonds is 2. The van der Waals surface area contributed by atoms with Crippen molar-refractivity contribution in [2.75, 3.05) is 0 Å². The molecule has 7 atom stereocenters. The third-order valence-electron chi connectivity index (χ3n) is 9.20. The molecule has 2 fully saturated rings. The average Bonchev–Trinajstić information content (AvgIpc) is 2.85. The third-order valence-corrected chi connectivity index (χ3v) is 9.20. The van der Waals surface area contributed by atoms with E-state index in [0.29, 0.717) is 24.2 Å². The number of ketones is 2. The second kappa shape index (κ2) is 6.39. The van der Waals surface area contributed by atoms with Gasteiger partial charge in [-0.1, -0.05) is 32.4 Å². The molecule has 0 saturated heterocycles. The highest BCUT2D eigenvalue weighted by molar-refractivity contribution is 5.92. The van der Waals surface area contributed by atoms with E-state index in [4.69, 9.17) is 4.74 Å². The molecule has 0 aromatic carbocycles. The molecule has 29 heavy (non-hydrogen) atoms. The molecule has 0 heterocycles. The lowest BCUT2D eigenvalue weighted by atomic mass is 9.47. The van der Waals surface area contributed by atoms with E-state index in [-0.39, 0.29) is 34.3 Å². The second-order valence-corrected chi connectivity index (χ2v) is 10.6. The maximum absolute atomic E-state index is 13.0. The molecule has 2 saturated carbocycles. The molecule has 4 nitrogen and oxygen atoms in total. The number of fused-ring (bicyclic) bond motifs is 5. The van der Waals surface area contributed by atoms with E-state index in [1.807, 2.05) is 6.08 Å². The van der Waals surface area contributed by atoms with Gasteiger partial charge in [0.15, 0.2) is 17.2 Å². The van der Waals surface area contributed by atoms with Crippen molar-refractivity contribution in [3.05, 3.63) is 23.3 Å². The summed E-state index contributed by atoms with van der Waals surface area (Å²) in [6.07, 6.45) is 8.55. The Morgan fingerprint density at radius 2 is 1.83 bits per heavy atom. The van der Waals surface area contributed by atoms with E-state index in [9.17, 15) is 14.4 Å². The van der Waals surface area contributed by atoms with Crippen LogP contribution in [0.4, 0.5) is 0 Å². The Bertz CT molecular complexity index is 851. The molecule has 0 unspecified atom stereocenters. The number of allylic oxidation sites excluding steroid dienone is 4. The molecule has 4 heteroatoms. The minimum atomic E-state index is -1.03. The topological polar surface area (TPSA) is 60.4 Å². The van der Waals surface area contributed by atoms with Gasteiger partial charge in [-0.2, -0.15) is 0 Å². The molecule has 0 N–H and O–H groups in total. The second-order valence-electron chi connectivity index (χ2n) is 10.6. The van der Waals surface area contributed by atoms with Gasteiger partial charge in [0.2, 0.25) is 0 Å². The molecule has 0 bridgehead atoms. The van der Waals surface area contributed by atoms with Crippen LogP contribution in [0.3, 0.4) is 0 Å². The number of carbonyl (C=O) groups excluding carboxylic acids is 3. The zero-order valence-corrected chi connectivity index (χ0v) is 18.6. The number of carbonyl (C=O) groups is 3. The number of esters is 1. The monoisotopic (exact) mass is 398 g/mol. The van der Waals surface area contributed by atoms with E-state index in [0.717, 1.165) is 25.7 Å². The maximum Gasteiger partial charge on any atom is 0.303 e. The summed E-state index contributed by atoms with van der Waals surface area (Å²) in [6.45, 7) is 11.7. The van der Waals surface area contributed by atoms with Crippen molar-refractivity contribution in [2.45, 2.75) is 79.2 Å². The van der Waals surface area contributed by atoms with Gasteiger partial charge in [0, 0.05) is 24.7 Å². The van der Waals surface area contributed by atoms with Crippen molar-refractivity contribution in [3.63, 3.8) is 0 Å². The van der Waals surface area contributed by atoms with Crippen molar-refractivity contribution in [3.8, 4) is 0 Å². The summed E-state index contributed by atoms with van der Waals surface area (Å²) >= 11 is 0. The molecule has 0 spiro atoms. The molecule has 158 valence electrons. The molecular weight excluding hydrogens is 364 g/mol. The van der Waals surface area contributed by atoms with E-state index in [1.54, 1.807) is 6.92 Å². The first-order chi connectivity index (χ1) is 13.5. The van der Waals surface area contributed by atoms with Gasteiger partial charge in [0.25, 0.3) is 0 Å². The van der Waals surface area contributed by atoms with Gasteiger partial charge in [-0.3, -0.25) is 14.4 Å². The van der Waals surface area contributed by atoms with Gasteiger partial charge in [-0.05, 0) is 74.3 Å². The minimum absolute atomic E-state index is 0.00374. The maximum atomic E-state index is 13.0. The first-order valence-electron chi connectivity index (χ1n) is 11.1. The van der Waals surface area contributed by atoms with Gasteiger partial charge >= 0.3 is 5.97 Å². The Morgan fingerprint density at radius 1 is 1.14 bits per heavy atom. The molecule has 0 aromatic heterocycles. The number of Topliss-reactive ketones (excluding diaryl/α,β-unsaturated/α-hetero) is 1. The number of hydrogen-bond donors (Lipinski definition) is 0. The van der Waals surface area contributed by atoms with Crippen LogP contribution in [0.25, 0.3) is 0 Å². The molecule has 4 aliphatic rings. The fourth-order valence-corrected chi connectivity index (χ4v) is 8.01. The normalized spacial score (nSPS) is 46.1. The highest BCUT2D eigenvalue weighted by Gasteiger charge is 2.70. The van der Waals surface area contributed by atoms with Gasteiger partial charge in [0.1, 0.15) is 0 Å². The van der Waals surface area contributed by atoms with Crippen molar-refractivity contribution in [2.24, 2.45) is 34.5 Å². The molecule has 0 radical (unpaired) electrons. The van der Waals surface area contributed by atoms with Crippen molar-refractivity contribution >= 4 is 17.5 Å². The summed E-state index contributed by atoms with van der Waals surface area (Å²) in [5.41, 5.74) is 1.07. The van der Waals surface area contributed by atoms with Crippen LogP contribution in [0, 0.1) is 34.5 Å². The molecule has 0 amide bonds. The summed E-state index contributed by atoms with van der Waals surface area (Å²) in [7, 11) is 0. The van der Waals surface area contributed by atoms with Crippen molar-refractivity contribution < 1.29 is 19.1 Å². The smallest absolute Gasteiger partial charge is 0.303 e. The van der Waals surface area contributed by atoms with Gasteiger partial charge in [-0.15, -0.1) is 0 Å². The van der Waals surface area contributed by atoms with Crippen molar-refractivity contribution in [1.82, 2.24) is 0 Å². The Balaban J connectivity index is 1.83. The first kappa shape index (κ1) is 20.6. The van der Waals surface area contributed by atoms with E-state index >= 15 is 0 Å². The third kappa shape index (κ3) is 2.53. The highest BCUT2D eigenvalue weighted by atomic mass is 16.6. The van der Waals surface area contributed by atoms with Gasteiger partial charge in [0.05, 0.1) is 0 Å². The number of hydrogen-bond acceptors (Lipinski definition) is 4. The molecule has 0 aromatic rings. The largest absolute Gasteiger partial charge is 0.450 e. The van der Waals surface area contributed by atoms with Gasteiger partial charge < -0.3 is 4.74 Å². The van der Waals surface area contributed by atoms with E-state index in [2.05, 4.69) is 33.8 Å². The quantitative estimate of drug-likeness (QED) is 0.626. The van der Waals surface area contributed by atoms with Gasteiger partial charge in [-0.25, -0.2) is 0 Å². The zero-order valence-electron chi connectivity index (χ0n) is 18.6. The zero-order chi connectivity index (χ0) is 21.4. The van der Waals surface area contributed by atoms with Crippen LogP contribution in [0.1, 0.15) is 73.6 Å². The first-order valence-corrected chi connectivity index (χ1v) is 11.1. The summed E-state index contributed by atoms with van der Waals surface area (Å²) in [4.78, 5) is 37.2. The lowest BCUT2D eigenvalue weighted by Gasteiger charge is -2.58. The average molecular weight is 399 g/mol. The molecule has 4 aliphatic carbocycles. The van der Waals surface area contributed by atoms with E-state index < -0.39 is 5.60 Å². The van der Waals surface area contributed by atoms with Crippen LogP contribution < -0.4 is 0 Å². The predicted octanol–water partition coefficient (Wildman–Crippen LogP) is 4.82. The Hall–Kier alpha value is -1.71. The van der Waals surface area contributed by atoms with Crippen LogP contribution in [0.5, 0.6) is 0 Å². The van der Waals surface area contributed by atoms with E-state index in [1.165, 1.54) is 18.1 Å². The number of ether oxygens (including phenoxy) is 1. The van der Waals surface area contributed by atoms with Crippen LogP contribution in [0.15, 0.2) is 23.3 Å². The Kier molecular flexibility index (Phi) is 4.53. The minimum Gasteiger partial charge on any atom is -0.450 e. The van der Waals surface area contributed by atoms with Crippen LogP contribution >= 0.6 is 0 Å². The summed E-state index contributed by atoms with van der Waals surface area (Å²) in [6, 6.07) is 0. The SMILES string of the molecule is CC(=O)O[C@@]1(C(C)=O)[C@@H](C)C[C@@H]2[C@H]3C=C(C)C4=CC(=O)CC[C@]4(C)[C@@H]3CC[C@]21C. The Morgan fingerprint density at radius 3 is 2.45 bits per heavy atom. The standard InChI is InChI=1S/C25H34O4/c1-14-11-19-20(23(5)9-7-18(28)13-21(14)23)8-10-24(6)22(19)12-15(2)25(24,16(3)26)29-17(4)27/h11,13,15,19-20,22H,7-10,12H2,1-6H3/t15-,19-,20+,22+,23+,24+,25+/m0/s1. The van der Waals surface area contributed by atoms with Crippen LogP contribution in [0.2, 0.25) is 0 Å². The lowest BCUT2D eigenvalue weighted by Crippen LogP contribution is -2.59. The Labute approximate surface area is 174 Å². The lowest BCUT2D eigenvalue weighted by molar-refractivity contribution is -0.190. The highest BCUT2D eigenvalue weighted by Crippen LogP contribution is 2.69. The summed E-state index contributed by atoms with van der Waals surface area (Å²) in [5, 5.41) is 0. The van der Waals surface area contributed by atoms with Crippen LogP contribution in [-0.2, 0) is 19.1 Å². The summed E-state index contributed by atoms with van der Waals surface area (Å²) < 4.78 is 5.93. The molecule has 0 aliphatic heterocycles. The fraction of sp³-hybridized carbons (Fsp3) is 0.720. The summed E-state index contributed by atoms with van der Waals surface area (Å²) in [5.74, 6) is 0.975. The molecular formula is C25H34O4. The fourth-order valence-electron chi connectivity index (χ4n) is 8.01.